The molecule has 1 aromatic heterocycles. The fraction of sp³-hybridized carbons (Fsp3) is 0.286. The molecule has 2 heterocycles. The average Bonchev–Trinajstić information content (AvgIpc) is 3.19. The summed E-state index contributed by atoms with van der Waals surface area (Å²) in [5.41, 5.74) is 1.83. The largest absolute Gasteiger partial charge is 0.494 e. The van der Waals surface area contributed by atoms with Gasteiger partial charge in [0.2, 0.25) is 0 Å². The van der Waals surface area contributed by atoms with Crippen molar-refractivity contribution in [2.45, 2.75) is 33.7 Å². The van der Waals surface area contributed by atoms with Crippen LogP contribution in [0.3, 0.4) is 0 Å². The molecule has 0 saturated heterocycles. The number of hydrogen-bond acceptors (Lipinski definition) is 9. The fourth-order valence-corrected chi connectivity index (χ4v) is 5.82. The highest BCUT2D eigenvalue weighted by Gasteiger charge is 2.33. The van der Waals surface area contributed by atoms with Crippen LogP contribution in [0.25, 0.3) is 6.08 Å². The lowest BCUT2D eigenvalue weighted by molar-refractivity contribution is -0.139. The van der Waals surface area contributed by atoms with Gasteiger partial charge in [-0.3, -0.25) is 14.2 Å². The first-order chi connectivity index (χ1) is 18.7. The van der Waals surface area contributed by atoms with Crippen molar-refractivity contribution in [1.29, 1.82) is 0 Å². The van der Waals surface area contributed by atoms with Gasteiger partial charge in [-0.25, -0.2) is 9.79 Å². The molecule has 39 heavy (non-hydrogen) atoms. The van der Waals surface area contributed by atoms with Crippen molar-refractivity contribution in [3.63, 3.8) is 0 Å². The van der Waals surface area contributed by atoms with Crippen molar-refractivity contribution in [2.75, 3.05) is 20.3 Å². The van der Waals surface area contributed by atoms with Gasteiger partial charge in [0.05, 0.1) is 46.6 Å². The molecule has 4 rings (SSSR count). The van der Waals surface area contributed by atoms with E-state index >= 15 is 0 Å². The van der Waals surface area contributed by atoms with E-state index in [1.807, 2.05) is 19.1 Å². The molecule has 1 atom stereocenters. The van der Waals surface area contributed by atoms with Gasteiger partial charge in [0.15, 0.2) is 16.3 Å². The van der Waals surface area contributed by atoms with Crippen LogP contribution in [0.15, 0.2) is 61.9 Å². The fourth-order valence-electron chi connectivity index (χ4n) is 4.24. The van der Waals surface area contributed by atoms with E-state index < -0.39 is 18.0 Å². The average molecular weight is 616 g/mol. The lowest BCUT2D eigenvalue weighted by Crippen LogP contribution is -2.39. The number of fused-ring (bicyclic) bond motifs is 1. The van der Waals surface area contributed by atoms with E-state index in [-0.39, 0.29) is 17.9 Å². The zero-order valence-corrected chi connectivity index (χ0v) is 24.5. The summed E-state index contributed by atoms with van der Waals surface area (Å²) in [6, 6.07) is 9.94. The maximum atomic E-state index is 13.8. The van der Waals surface area contributed by atoms with Crippen molar-refractivity contribution < 1.29 is 28.5 Å². The number of benzene rings is 2. The zero-order chi connectivity index (χ0) is 28.3. The SMILES string of the molecule is CCOC(=O)C1=C(C)N=c2s/c(=C\c3cc(Br)c(OC(C)=O)c(OC)c3)c(=O)n2[C@H]1c1ccc(OCC)cc1. The third-order valence-electron chi connectivity index (χ3n) is 5.82. The molecule has 0 radical (unpaired) electrons. The molecule has 9 nitrogen and oxygen atoms in total. The molecule has 0 N–H and O–H groups in total. The Morgan fingerprint density at radius 1 is 1.15 bits per heavy atom. The molecule has 2 aromatic carbocycles. The second-order valence-electron chi connectivity index (χ2n) is 8.43. The Morgan fingerprint density at radius 2 is 1.87 bits per heavy atom. The number of nitrogens with zero attached hydrogens (tertiary/aromatic N) is 2. The molecular weight excluding hydrogens is 588 g/mol. The van der Waals surface area contributed by atoms with Crippen LogP contribution >= 0.6 is 27.3 Å². The molecular formula is C28H27BrN2O7S. The number of ether oxygens (including phenoxy) is 4. The molecule has 0 amide bonds. The Balaban J connectivity index is 1.89. The summed E-state index contributed by atoms with van der Waals surface area (Å²) in [7, 11) is 1.46. The number of thiazole rings is 1. The Labute approximate surface area is 237 Å². The van der Waals surface area contributed by atoms with Crippen LogP contribution in [0.2, 0.25) is 0 Å². The Kier molecular flexibility index (Phi) is 8.71. The summed E-state index contributed by atoms with van der Waals surface area (Å²) < 4.78 is 24.0. The van der Waals surface area contributed by atoms with Crippen LogP contribution in [0.5, 0.6) is 17.2 Å². The molecule has 0 saturated carbocycles. The van der Waals surface area contributed by atoms with Gasteiger partial charge in [0, 0.05) is 6.92 Å². The normalized spacial score (nSPS) is 14.9. The van der Waals surface area contributed by atoms with Crippen molar-refractivity contribution >= 4 is 45.3 Å². The molecule has 0 fully saturated rings. The van der Waals surface area contributed by atoms with Crippen molar-refractivity contribution in [3.8, 4) is 17.2 Å². The van der Waals surface area contributed by atoms with Gasteiger partial charge >= 0.3 is 11.9 Å². The topological polar surface area (TPSA) is 105 Å². The van der Waals surface area contributed by atoms with E-state index in [0.717, 1.165) is 5.56 Å². The number of esters is 2. The van der Waals surface area contributed by atoms with E-state index in [1.165, 1.54) is 29.9 Å². The van der Waals surface area contributed by atoms with E-state index in [0.29, 0.717) is 48.7 Å². The number of allylic oxidation sites excluding steroid dienone is 1. The number of aromatic nitrogens is 1. The van der Waals surface area contributed by atoms with Crippen LogP contribution < -0.4 is 29.1 Å². The summed E-state index contributed by atoms with van der Waals surface area (Å²) >= 11 is 4.62. The molecule has 0 spiro atoms. The summed E-state index contributed by atoms with van der Waals surface area (Å²) in [6.45, 7) is 7.37. The monoisotopic (exact) mass is 614 g/mol. The van der Waals surface area contributed by atoms with Crippen molar-refractivity contribution in [2.24, 2.45) is 4.99 Å². The Morgan fingerprint density at radius 3 is 2.49 bits per heavy atom. The second kappa shape index (κ2) is 12.0. The van der Waals surface area contributed by atoms with Crippen LogP contribution in [0.4, 0.5) is 0 Å². The van der Waals surface area contributed by atoms with Crippen LogP contribution in [-0.2, 0) is 14.3 Å². The molecule has 11 heteroatoms. The smallest absolute Gasteiger partial charge is 0.338 e. The molecule has 0 bridgehead atoms. The number of halogens is 1. The molecule has 204 valence electrons. The zero-order valence-electron chi connectivity index (χ0n) is 22.1. The first-order valence-corrected chi connectivity index (χ1v) is 13.8. The molecule has 1 aliphatic heterocycles. The predicted octanol–water partition coefficient (Wildman–Crippen LogP) is 3.89. The molecule has 0 unspecified atom stereocenters. The van der Waals surface area contributed by atoms with Crippen molar-refractivity contribution in [1.82, 2.24) is 4.57 Å². The predicted molar refractivity (Wildman–Crippen MR) is 150 cm³/mol. The van der Waals surface area contributed by atoms with E-state index in [2.05, 4.69) is 20.9 Å². The van der Waals surface area contributed by atoms with E-state index in [4.69, 9.17) is 18.9 Å². The van der Waals surface area contributed by atoms with Gasteiger partial charge in [-0.05, 0) is 78.2 Å². The van der Waals surface area contributed by atoms with E-state index in [1.54, 1.807) is 44.2 Å². The van der Waals surface area contributed by atoms with Crippen LogP contribution in [0, 0.1) is 0 Å². The highest BCUT2D eigenvalue weighted by atomic mass is 79.9. The summed E-state index contributed by atoms with van der Waals surface area (Å²) in [4.78, 5) is 43.4. The number of carbonyl (C=O) groups excluding carboxylic acids is 2. The third kappa shape index (κ3) is 5.84. The van der Waals surface area contributed by atoms with Crippen LogP contribution in [0.1, 0.15) is 44.9 Å². The number of rotatable bonds is 8. The summed E-state index contributed by atoms with van der Waals surface area (Å²) in [5, 5.41) is 0. The molecule has 0 aliphatic carbocycles. The first kappa shape index (κ1) is 28.3. The maximum absolute atomic E-state index is 13.8. The lowest BCUT2D eigenvalue weighted by Gasteiger charge is -2.24. The van der Waals surface area contributed by atoms with Gasteiger partial charge in [0.1, 0.15) is 5.75 Å². The summed E-state index contributed by atoms with van der Waals surface area (Å²) in [6.07, 6.45) is 1.70. The number of carbonyl (C=O) groups is 2. The van der Waals surface area contributed by atoms with Crippen molar-refractivity contribution in [3.05, 3.63) is 83.0 Å². The summed E-state index contributed by atoms with van der Waals surface area (Å²) in [5.74, 6) is 0.239. The quantitative estimate of drug-likeness (QED) is 0.280. The minimum absolute atomic E-state index is 0.191. The minimum atomic E-state index is -0.731. The van der Waals surface area contributed by atoms with Crippen LogP contribution in [-0.4, -0.2) is 36.8 Å². The Bertz CT molecular complexity index is 1640. The highest BCUT2D eigenvalue weighted by Crippen LogP contribution is 2.37. The van der Waals surface area contributed by atoms with Gasteiger partial charge in [-0.15, -0.1) is 0 Å². The van der Waals surface area contributed by atoms with Gasteiger partial charge in [-0.1, -0.05) is 23.5 Å². The minimum Gasteiger partial charge on any atom is -0.494 e. The second-order valence-corrected chi connectivity index (χ2v) is 10.3. The lowest BCUT2D eigenvalue weighted by atomic mass is 9.96. The number of hydrogen-bond donors (Lipinski definition) is 0. The highest BCUT2D eigenvalue weighted by molar-refractivity contribution is 9.10. The maximum Gasteiger partial charge on any atom is 0.338 e. The molecule has 3 aromatic rings. The van der Waals surface area contributed by atoms with Gasteiger partial charge in [0.25, 0.3) is 5.56 Å². The van der Waals surface area contributed by atoms with Gasteiger partial charge in [-0.2, -0.15) is 0 Å². The standard InChI is InChI=1S/C28H27BrN2O7S/c1-6-36-19-10-8-18(9-11-19)24-23(27(34)37-7-2)15(3)30-28-31(24)26(33)22(39-28)14-17-12-20(29)25(38-16(4)32)21(13-17)35-5/h8-14,24H,6-7H2,1-5H3/b22-14-/t24-/m0/s1. The third-order valence-corrected chi connectivity index (χ3v) is 7.39. The first-order valence-electron chi connectivity index (χ1n) is 12.2. The molecule has 1 aliphatic rings. The van der Waals surface area contributed by atoms with E-state index in [9.17, 15) is 14.4 Å². The Hall–Kier alpha value is -3.70. The number of methoxy groups -OCH3 is 1. The van der Waals surface area contributed by atoms with Gasteiger partial charge < -0.3 is 18.9 Å².